The maximum atomic E-state index is 13.3. The molecule has 0 atom stereocenters. The smallest absolute Gasteiger partial charge is 0.283 e. The third-order valence-corrected chi connectivity index (χ3v) is 7.00. The van der Waals surface area contributed by atoms with Crippen molar-refractivity contribution >= 4 is 15.9 Å². The predicted molar refractivity (Wildman–Crippen MR) is 121 cm³/mol. The van der Waals surface area contributed by atoms with Gasteiger partial charge < -0.3 is 9.47 Å². The molecule has 1 aliphatic rings. The standard InChI is InChI=1S/C23H26N4O5S/c1-5-17-15(13-27-12-6-11-24-27)7-9-18(25-17)22(28)26-33(29,30)21-19(31-4)10-8-16-20(21)32-14-23(16,2)3/h6-12H,5,13-14H2,1-4H3,(H,26,28). The first-order chi connectivity index (χ1) is 15.7. The van der Waals surface area contributed by atoms with E-state index in [1.807, 2.05) is 33.0 Å². The maximum absolute atomic E-state index is 13.3. The molecule has 1 N–H and O–H groups in total. The number of benzene rings is 1. The number of rotatable bonds is 7. The van der Waals surface area contributed by atoms with Gasteiger partial charge in [0.25, 0.3) is 15.9 Å². The second-order valence-electron chi connectivity index (χ2n) is 8.44. The Morgan fingerprint density at radius 3 is 2.73 bits per heavy atom. The lowest BCUT2D eigenvalue weighted by molar-refractivity contribution is 0.0976. The molecule has 1 aliphatic heterocycles. The van der Waals surface area contributed by atoms with Crippen molar-refractivity contribution in [2.75, 3.05) is 13.7 Å². The fraction of sp³-hybridized carbons (Fsp3) is 0.348. The molecule has 2 aromatic heterocycles. The molecule has 9 nitrogen and oxygen atoms in total. The molecular weight excluding hydrogens is 444 g/mol. The number of nitrogens with one attached hydrogen (secondary N) is 1. The highest BCUT2D eigenvalue weighted by molar-refractivity contribution is 7.90. The first-order valence-electron chi connectivity index (χ1n) is 10.5. The van der Waals surface area contributed by atoms with Crippen molar-refractivity contribution in [2.45, 2.75) is 44.0 Å². The van der Waals surface area contributed by atoms with Crippen molar-refractivity contribution in [1.29, 1.82) is 0 Å². The summed E-state index contributed by atoms with van der Waals surface area (Å²) in [5, 5.41) is 4.19. The summed E-state index contributed by atoms with van der Waals surface area (Å²) in [4.78, 5) is 17.1. The van der Waals surface area contributed by atoms with Crippen LogP contribution in [0.1, 0.15) is 48.1 Å². The van der Waals surface area contributed by atoms with Gasteiger partial charge in [-0.3, -0.25) is 9.48 Å². The van der Waals surface area contributed by atoms with E-state index in [0.29, 0.717) is 25.3 Å². The number of fused-ring (bicyclic) bond motifs is 1. The van der Waals surface area contributed by atoms with Crippen LogP contribution in [-0.2, 0) is 28.4 Å². The quantitative estimate of drug-likeness (QED) is 0.565. The summed E-state index contributed by atoms with van der Waals surface area (Å²) in [6.45, 7) is 6.67. The number of hydrogen-bond acceptors (Lipinski definition) is 7. The van der Waals surface area contributed by atoms with Gasteiger partial charge in [0.05, 0.1) is 20.3 Å². The lowest BCUT2D eigenvalue weighted by Gasteiger charge is -2.17. The van der Waals surface area contributed by atoms with E-state index in [0.717, 1.165) is 11.1 Å². The van der Waals surface area contributed by atoms with Gasteiger partial charge in [-0.25, -0.2) is 18.1 Å². The topological polar surface area (TPSA) is 112 Å². The SMILES string of the molecule is CCc1nc(C(=O)NS(=O)(=O)c2c(OC)ccc3c2OCC3(C)C)ccc1Cn1cccn1. The van der Waals surface area contributed by atoms with E-state index in [1.165, 1.54) is 13.2 Å². The molecular formula is C23H26N4O5S. The molecule has 1 aromatic carbocycles. The molecule has 1 amide bonds. The van der Waals surface area contributed by atoms with Crippen molar-refractivity contribution in [3.05, 3.63) is 65.2 Å². The van der Waals surface area contributed by atoms with Gasteiger partial charge in [-0.15, -0.1) is 0 Å². The number of hydrogen-bond donors (Lipinski definition) is 1. The number of amides is 1. The highest BCUT2D eigenvalue weighted by Crippen LogP contribution is 2.46. The van der Waals surface area contributed by atoms with Crippen LogP contribution in [0.5, 0.6) is 11.5 Å². The number of nitrogens with zero attached hydrogens (tertiary/aromatic N) is 3. The largest absolute Gasteiger partial charge is 0.495 e. The Labute approximate surface area is 192 Å². The Morgan fingerprint density at radius 2 is 2.06 bits per heavy atom. The number of carbonyl (C=O) groups is 1. The molecule has 0 fully saturated rings. The molecule has 174 valence electrons. The van der Waals surface area contributed by atoms with Crippen molar-refractivity contribution < 1.29 is 22.7 Å². The van der Waals surface area contributed by atoms with Gasteiger partial charge in [0.1, 0.15) is 17.2 Å². The summed E-state index contributed by atoms with van der Waals surface area (Å²) in [6.07, 6.45) is 4.10. The molecule has 3 aromatic rings. The molecule has 0 saturated carbocycles. The fourth-order valence-electron chi connectivity index (χ4n) is 3.87. The second kappa shape index (κ2) is 8.51. The molecule has 0 radical (unpaired) electrons. The number of aryl methyl sites for hydroxylation is 1. The average Bonchev–Trinajstić information content (AvgIpc) is 3.40. The highest BCUT2D eigenvalue weighted by Gasteiger charge is 2.39. The minimum atomic E-state index is -4.30. The number of ether oxygens (including phenoxy) is 2. The first-order valence-corrected chi connectivity index (χ1v) is 12.0. The second-order valence-corrected chi connectivity index (χ2v) is 10.1. The van der Waals surface area contributed by atoms with E-state index >= 15 is 0 Å². The van der Waals surface area contributed by atoms with Crippen LogP contribution in [0.2, 0.25) is 0 Å². The summed E-state index contributed by atoms with van der Waals surface area (Å²) < 4.78 is 41.4. The lowest BCUT2D eigenvalue weighted by atomic mass is 9.87. The zero-order valence-electron chi connectivity index (χ0n) is 19.0. The Balaban J connectivity index is 1.65. The van der Waals surface area contributed by atoms with Crippen LogP contribution in [0.3, 0.4) is 0 Å². The van der Waals surface area contributed by atoms with Crippen molar-refractivity contribution in [1.82, 2.24) is 19.5 Å². The average molecular weight is 471 g/mol. The van der Waals surface area contributed by atoms with Crippen LogP contribution >= 0.6 is 0 Å². The number of methoxy groups -OCH3 is 1. The summed E-state index contributed by atoms with van der Waals surface area (Å²) in [7, 11) is -2.93. The van der Waals surface area contributed by atoms with Crippen molar-refractivity contribution in [3.8, 4) is 11.5 Å². The fourth-order valence-corrected chi connectivity index (χ4v) is 5.15. The zero-order valence-corrected chi connectivity index (χ0v) is 19.8. The first kappa shape index (κ1) is 22.8. The number of sulfonamides is 1. The number of carbonyl (C=O) groups excluding carboxylic acids is 1. The van der Waals surface area contributed by atoms with Gasteiger partial charge in [-0.05, 0) is 30.2 Å². The van der Waals surface area contributed by atoms with Gasteiger partial charge in [0.2, 0.25) is 0 Å². The minimum absolute atomic E-state index is 0.00688. The van der Waals surface area contributed by atoms with E-state index < -0.39 is 15.9 Å². The molecule has 3 heterocycles. The lowest BCUT2D eigenvalue weighted by Crippen LogP contribution is -2.32. The highest BCUT2D eigenvalue weighted by atomic mass is 32.2. The van der Waals surface area contributed by atoms with Gasteiger partial charge in [0.15, 0.2) is 4.90 Å². The minimum Gasteiger partial charge on any atom is -0.495 e. The molecule has 0 spiro atoms. The normalized spacial score (nSPS) is 14.4. The zero-order chi connectivity index (χ0) is 23.8. The van der Waals surface area contributed by atoms with Gasteiger partial charge in [-0.2, -0.15) is 5.10 Å². The van der Waals surface area contributed by atoms with E-state index in [2.05, 4.69) is 14.8 Å². The summed E-state index contributed by atoms with van der Waals surface area (Å²) >= 11 is 0. The van der Waals surface area contributed by atoms with Gasteiger partial charge in [-0.1, -0.05) is 32.9 Å². The molecule has 0 aliphatic carbocycles. The summed E-state index contributed by atoms with van der Waals surface area (Å²) in [6, 6.07) is 8.46. The molecule has 0 saturated heterocycles. The van der Waals surface area contributed by atoms with Gasteiger partial charge >= 0.3 is 0 Å². The Morgan fingerprint density at radius 1 is 1.27 bits per heavy atom. The van der Waals surface area contributed by atoms with Crippen LogP contribution in [0.25, 0.3) is 0 Å². The molecule has 0 unspecified atom stereocenters. The van der Waals surface area contributed by atoms with Gasteiger partial charge in [0, 0.05) is 29.1 Å². The van der Waals surface area contributed by atoms with Crippen LogP contribution < -0.4 is 14.2 Å². The molecule has 10 heteroatoms. The molecule has 4 rings (SSSR count). The Hall–Kier alpha value is -3.40. The predicted octanol–water partition coefficient (Wildman–Crippen LogP) is 2.69. The Kier molecular flexibility index (Phi) is 5.87. The van der Waals surface area contributed by atoms with E-state index in [9.17, 15) is 13.2 Å². The molecule has 0 bridgehead atoms. The van der Waals surface area contributed by atoms with Crippen LogP contribution in [0.15, 0.2) is 47.6 Å². The Bertz CT molecular complexity index is 1300. The third kappa shape index (κ3) is 4.30. The summed E-state index contributed by atoms with van der Waals surface area (Å²) in [5.74, 6) is -0.521. The summed E-state index contributed by atoms with van der Waals surface area (Å²) in [5.41, 5.74) is 1.98. The number of pyridine rings is 1. The van der Waals surface area contributed by atoms with Crippen LogP contribution in [0.4, 0.5) is 0 Å². The van der Waals surface area contributed by atoms with E-state index in [4.69, 9.17) is 9.47 Å². The monoisotopic (exact) mass is 470 g/mol. The van der Waals surface area contributed by atoms with E-state index in [1.54, 1.807) is 29.1 Å². The maximum Gasteiger partial charge on any atom is 0.283 e. The molecule has 33 heavy (non-hydrogen) atoms. The third-order valence-electron chi connectivity index (χ3n) is 5.63. The van der Waals surface area contributed by atoms with Crippen LogP contribution in [-0.4, -0.2) is 42.8 Å². The van der Waals surface area contributed by atoms with Crippen molar-refractivity contribution in [2.24, 2.45) is 0 Å². The van der Waals surface area contributed by atoms with E-state index in [-0.39, 0.29) is 27.5 Å². The number of aromatic nitrogens is 3. The van der Waals surface area contributed by atoms with Crippen LogP contribution in [0, 0.1) is 0 Å². The van der Waals surface area contributed by atoms with Crippen molar-refractivity contribution in [3.63, 3.8) is 0 Å².